The molecular formula is C26H35N3O4S. The lowest BCUT2D eigenvalue weighted by atomic mass is 9.95. The minimum Gasteiger partial charge on any atom is -0.497 e. The smallest absolute Gasteiger partial charge is 0.243 e. The summed E-state index contributed by atoms with van der Waals surface area (Å²) in [5.74, 6) is 0.774. The van der Waals surface area contributed by atoms with E-state index in [0.717, 1.165) is 42.8 Å². The summed E-state index contributed by atoms with van der Waals surface area (Å²) >= 11 is 0. The van der Waals surface area contributed by atoms with Crippen molar-refractivity contribution < 1.29 is 17.9 Å². The molecule has 0 aliphatic carbocycles. The van der Waals surface area contributed by atoms with E-state index in [1.165, 1.54) is 9.99 Å². The Morgan fingerprint density at radius 2 is 1.56 bits per heavy atom. The average molecular weight is 486 g/mol. The van der Waals surface area contributed by atoms with Crippen LogP contribution < -0.4 is 15.0 Å². The zero-order valence-corrected chi connectivity index (χ0v) is 21.1. The number of sulfonamides is 1. The summed E-state index contributed by atoms with van der Waals surface area (Å²) in [6.45, 7) is 6.44. The van der Waals surface area contributed by atoms with Gasteiger partial charge < -0.3 is 15.0 Å². The van der Waals surface area contributed by atoms with E-state index < -0.39 is 10.0 Å². The van der Waals surface area contributed by atoms with Gasteiger partial charge in [-0.3, -0.25) is 4.79 Å². The third-order valence-electron chi connectivity index (χ3n) is 7.22. The molecular weight excluding hydrogens is 450 g/mol. The Morgan fingerprint density at radius 1 is 0.912 bits per heavy atom. The third-order valence-corrected chi connectivity index (χ3v) is 9.11. The fraction of sp³-hybridized carbons (Fsp3) is 0.500. The fourth-order valence-electron chi connectivity index (χ4n) is 4.78. The number of hydrogen-bond donors (Lipinski definition) is 1. The Balaban J connectivity index is 1.26. The van der Waals surface area contributed by atoms with Gasteiger partial charge in [-0.15, -0.1) is 0 Å². The second-order valence-electron chi connectivity index (χ2n) is 9.39. The number of benzene rings is 2. The second kappa shape index (κ2) is 10.4. The zero-order valence-electron chi connectivity index (χ0n) is 20.3. The highest BCUT2D eigenvalue weighted by Crippen LogP contribution is 2.26. The molecule has 0 aromatic heterocycles. The Bertz CT molecular complexity index is 1100. The molecule has 2 aromatic carbocycles. The number of piperidine rings is 2. The van der Waals surface area contributed by atoms with E-state index in [1.807, 2.05) is 32.0 Å². The summed E-state index contributed by atoms with van der Waals surface area (Å²) in [7, 11) is -1.86. The van der Waals surface area contributed by atoms with Crippen LogP contribution in [0.25, 0.3) is 0 Å². The number of nitrogens with zero attached hydrogens (tertiary/aromatic N) is 2. The standard InChI is InChI=1S/C26H35N3O4S/c1-19-4-9-25(18-20(19)2)34(31,32)29-16-10-21(11-17-29)26(30)27-22-12-14-28(15-13-22)23-5-7-24(33-3)8-6-23/h4-9,18,21-22H,10-17H2,1-3H3,(H,27,30). The molecule has 0 saturated carbocycles. The number of rotatable bonds is 6. The minimum absolute atomic E-state index is 0.0612. The molecule has 1 amide bonds. The van der Waals surface area contributed by atoms with Crippen molar-refractivity contribution in [2.45, 2.75) is 50.5 Å². The summed E-state index contributed by atoms with van der Waals surface area (Å²) < 4.78 is 32.8. The zero-order chi connectivity index (χ0) is 24.3. The number of nitrogens with one attached hydrogen (secondary N) is 1. The van der Waals surface area contributed by atoms with Crippen molar-refractivity contribution in [1.29, 1.82) is 0 Å². The monoisotopic (exact) mass is 485 g/mol. The predicted octanol–water partition coefficient (Wildman–Crippen LogP) is 3.50. The first-order valence-corrected chi connectivity index (χ1v) is 13.5. The molecule has 2 fully saturated rings. The molecule has 0 spiro atoms. The van der Waals surface area contributed by atoms with Crippen LogP contribution in [-0.2, 0) is 14.8 Å². The highest BCUT2D eigenvalue weighted by atomic mass is 32.2. The van der Waals surface area contributed by atoms with Crippen LogP contribution in [0.1, 0.15) is 36.8 Å². The lowest BCUT2D eigenvalue weighted by Gasteiger charge is -2.35. The Kier molecular flexibility index (Phi) is 7.48. The third kappa shape index (κ3) is 5.39. The van der Waals surface area contributed by atoms with Gasteiger partial charge >= 0.3 is 0 Å². The predicted molar refractivity (Wildman–Crippen MR) is 134 cm³/mol. The van der Waals surface area contributed by atoms with Crippen molar-refractivity contribution in [3.05, 3.63) is 53.6 Å². The van der Waals surface area contributed by atoms with E-state index in [9.17, 15) is 13.2 Å². The molecule has 1 N–H and O–H groups in total. The number of amides is 1. The number of ether oxygens (including phenoxy) is 1. The molecule has 2 aliphatic rings. The van der Waals surface area contributed by atoms with Crippen LogP contribution in [0.15, 0.2) is 47.4 Å². The normalized spacial score (nSPS) is 18.6. The number of hydrogen-bond acceptors (Lipinski definition) is 5. The largest absolute Gasteiger partial charge is 0.497 e. The van der Waals surface area contributed by atoms with Crippen molar-refractivity contribution >= 4 is 21.6 Å². The maximum atomic E-state index is 13.0. The first kappa shape index (κ1) is 24.5. The second-order valence-corrected chi connectivity index (χ2v) is 11.3. The van der Waals surface area contributed by atoms with Gasteiger partial charge in [0.2, 0.25) is 15.9 Å². The van der Waals surface area contributed by atoms with Crippen molar-refractivity contribution in [2.75, 3.05) is 38.2 Å². The van der Waals surface area contributed by atoms with E-state index in [2.05, 4.69) is 22.3 Å². The molecule has 2 saturated heterocycles. The topological polar surface area (TPSA) is 79.0 Å². The van der Waals surface area contributed by atoms with Crippen LogP contribution in [-0.4, -0.2) is 58.0 Å². The van der Waals surface area contributed by atoms with Gasteiger partial charge in [0.25, 0.3) is 0 Å². The maximum Gasteiger partial charge on any atom is 0.243 e. The van der Waals surface area contributed by atoms with Crippen LogP contribution in [0.5, 0.6) is 5.75 Å². The molecule has 4 rings (SSSR count). The Labute approximate surface area is 203 Å². The Morgan fingerprint density at radius 3 is 2.15 bits per heavy atom. The highest BCUT2D eigenvalue weighted by Gasteiger charge is 2.33. The van der Waals surface area contributed by atoms with Crippen molar-refractivity contribution in [3.63, 3.8) is 0 Å². The van der Waals surface area contributed by atoms with E-state index in [4.69, 9.17) is 4.74 Å². The molecule has 0 radical (unpaired) electrons. The first-order valence-electron chi connectivity index (χ1n) is 12.0. The number of carbonyl (C=O) groups is 1. The highest BCUT2D eigenvalue weighted by molar-refractivity contribution is 7.89. The molecule has 0 atom stereocenters. The van der Waals surface area contributed by atoms with Crippen LogP contribution >= 0.6 is 0 Å². The van der Waals surface area contributed by atoms with Gasteiger partial charge in [-0.05, 0) is 87.1 Å². The van der Waals surface area contributed by atoms with Crippen molar-refractivity contribution in [2.24, 2.45) is 5.92 Å². The quantitative estimate of drug-likeness (QED) is 0.678. The summed E-state index contributed by atoms with van der Waals surface area (Å²) in [5, 5.41) is 3.22. The van der Waals surface area contributed by atoms with E-state index in [1.54, 1.807) is 19.2 Å². The number of carbonyl (C=O) groups excluding carboxylic acids is 1. The van der Waals surface area contributed by atoms with Gasteiger partial charge in [-0.25, -0.2) is 8.42 Å². The van der Waals surface area contributed by atoms with Gasteiger partial charge in [-0.1, -0.05) is 6.07 Å². The summed E-state index contributed by atoms with van der Waals surface area (Å²) in [4.78, 5) is 15.6. The number of aryl methyl sites for hydroxylation is 2. The number of anilines is 1. The SMILES string of the molecule is COc1ccc(N2CCC(NC(=O)C3CCN(S(=O)(=O)c4ccc(C)c(C)c4)CC3)CC2)cc1. The van der Waals surface area contributed by atoms with Gasteiger partial charge in [-0.2, -0.15) is 4.31 Å². The van der Waals surface area contributed by atoms with E-state index >= 15 is 0 Å². The van der Waals surface area contributed by atoms with Gasteiger partial charge in [0.1, 0.15) is 5.75 Å². The van der Waals surface area contributed by atoms with E-state index in [0.29, 0.717) is 30.8 Å². The first-order chi connectivity index (χ1) is 16.3. The maximum absolute atomic E-state index is 13.0. The van der Waals surface area contributed by atoms with Crippen molar-refractivity contribution in [1.82, 2.24) is 9.62 Å². The summed E-state index contributed by atoms with van der Waals surface area (Å²) in [5.41, 5.74) is 3.21. The molecule has 2 heterocycles. The van der Waals surface area contributed by atoms with Gasteiger partial charge in [0.15, 0.2) is 0 Å². The summed E-state index contributed by atoms with van der Waals surface area (Å²) in [6.07, 6.45) is 2.91. The lowest BCUT2D eigenvalue weighted by molar-refractivity contribution is -0.127. The van der Waals surface area contributed by atoms with E-state index in [-0.39, 0.29) is 17.9 Å². The van der Waals surface area contributed by atoms with Gasteiger partial charge in [0.05, 0.1) is 12.0 Å². The molecule has 0 bridgehead atoms. The van der Waals surface area contributed by atoms with Crippen LogP contribution in [0.3, 0.4) is 0 Å². The summed E-state index contributed by atoms with van der Waals surface area (Å²) in [6, 6.07) is 13.5. The number of methoxy groups -OCH3 is 1. The van der Waals surface area contributed by atoms with Crippen LogP contribution in [0.2, 0.25) is 0 Å². The molecule has 2 aromatic rings. The fourth-order valence-corrected chi connectivity index (χ4v) is 6.33. The molecule has 2 aliphatic heterocycles. The molecule has 184 valence electrons. The molecule has 8 heteroatoms. The minimum atomic E-state index is -3.53. The van der Waals surface area contributed by atoms with Crippen LogP contribution in [0.4, 0.5) is 5.69 Å². The molecule has 34 heavy (non-hydrogen) atoms. The molecule has 7 nitrogen and oxygen atoms in total. The van der Waals surface area contributed by atoms with Crippen LogP contribution in [0, 0.1) is 19.8 Å². The Hall–Kier alpha value is -2.58. The van der Waals surface area contributed by atoms with Gasteiger partial charge in [0, 0.05) is 43.8 Å². The average Bonchev–Trinajstić information content (AvgIpc) is 2.86. The lowest BCUT2D eigenvalue weighted by Crippen LogP contribution is -2.48. The molecule has 0 unspecified atom stereocenters. The van der Waals surface area contributed by atoms with Crippen molar-refractivity contribution in [3.8, 4) is 5.75 Å².